The van der Waals surface area contributed by atoms with Crippen molar-refractivity contribution in [3.8, 4) is 23.0 Å². The van der Waals surface area contributed by atoms with Crippen LogP contribution in [0, 0.1) is 0 Å². The fraction of sp³-hybridized carbons (Fsp3) is 0.400. The smallest absolute Gasteiger partial charge is 0.244 e. The molecule has 1 N–H and O–H groups in total. The van der Waals surface area contributed by atoms with Gasteiger partial charge in [0.25, 0.3) is 0 Å². The van der Waals surface area contributed by atoms with Crippen molar-refractivity contribution in [1.29, 1.82) is 0 Å². The summed E-state index contributed by atoms with van der Waals surface area (Å²) in [5.74, 6) is 2.20. The van der Waals surface area contributed by atoms with Gasteiger partial charge in [0.2, 0.25) is 11.7 Å². The Morgan fingerprint density at radius 1 is 0.969 bits per heavy atom. The number of carbonyl (C=O) groups excluding carboxylic acids is 1. The van der Waals surface area contributed by atoms with Gasteiger partial charge < -0.3 is 24.3 Å². The SMILES string of the molecule is CCN(CC)[C@@H](CNC(=O)/C=C/c1cc(OC)c(OC)c(OC)c1)c1cccc(OC)c1. The van der Waals surface area contributed by atoms with Gasteiger partial charge >= 0.3 is 0 Å². The van der Waals surface area contributed by atoms with Gasteiger partial charge in [0.15, 0.2) is 11.5 Å². The third-order valence-electron chi connectivity index (χ3n) is 5.32. The number of carbonyl (C=O) groups is 1. The zero-order valence-electron chi connectivity index (χ0n) is 19.8. The predicted octanol–water partition coefficient (Wildman–Crippen LogP) is 3.93. The summed E-state index contributed by atoms with van der Waals surface area (Å²) < 4.78 is 21.4. The molecule has 2 rings (SSSR count). The second-order valence-electron chi connectivity index (χ2n) is 7.05. The molecule has 1 amide bonds. The summed E-state index contributed by atoms with van der Waals surface area (Å²) in [6.07, 6.45) is 3.23. The zero-order valence-corrected chi connectivity index (χ0v) is 19.8. The number of hydrogen-bond acceptors (Lipinski definition) is 6. The minimum Gasteiger partial charge on any atom is -0.497 e. The van der Waals surface area contributed by atoms with Crippen LogP contribution in [0.3, 0.4) is 0 Å². The summed E-state index contributed by atoms with van der Waals surface area (Å²) in [4.78, 5) is 14.9. The van der Waals surface area contributed by atoms with Gasteiger partial charge in [-0.05, 0) is 54.6 Å². The molecule has 174 valence electrons. The van der Waals surface area contributed by atoms with Crippen LogP contribution < -0.4 is 24.3 Å². The van der Waals surface area contributed by atoms with Crippen LogP contribution in [-0.4, -0.2) is 58.9 Å². The molecule has 0 aromatic heterocycles. The lowest BCUT2D eigenvalue weighted by atomic mass is 10.0. The van der Waals surface area contributed by atoms with E-state index < -0.39 is 0 Å². The first-order chi connectivity index (χ1) is 15.5. The van der Waals surface area contributed by atoms with Gasteiger partial charge in [-0.15, -0.1) is 0 Å². The van der Waals surface area contributed by atoms with Gasteiger partial charge in [-0.3, -0.25) is 9.69 Å². The highest BCUT2D eigenvalue weighted by Crippen LogP contribution is 2.38. The predicted molar refractivity (Wildman–Crippen MR) is 127 cm³/mol. The van der Waals surface area contributed by atoms with Crippen LogP contribution >= 0.6 is 0 Å². The Labute approximate surface area is 190 Å². The van der Waals surface area contributed by atoms with E-state index in [0.29, 0.717) is 23.8 Å². The number of nitrogens with one attached hydrogen (secondary N) is 1. The molecule has 0 spiro atoms. The van der Waals surface area contributed by atoms with Crippen molar-refractivity contribution in [2.45, 2.75) is 19.9 Å². The normalized spacial score (nSPS) is 12.0. The van der Waals surface area contributed by atoms with Gasteiger partial charge in [-0.2, -0.15) is 0 Å². The molecule has 0 fully saturated rings. The summed E-state index contributed by atoms with van der Waals surface area (Å²) in [5.41, 5.74) is 1.87. The Bertz CT molecular complexity index is 884. The van der Waals surface area contributed by atoms with Gasteiger partial charge in [0, 0.05) is 12.6 Å². The number of amides is 1. The Balaban J connectivity index is 2.15. The van der Waals surface area contributed by atoms with Crippen molar-refractivity contribution >= 4 is 12.0 Å². The molecule has 7 nitrogen and oxygen atoms in total. The van der Waals surface area contributed by atoms with E-state index in [-0.39, 0.29) is 11.9 Å². The lowest BCUT2D eigenvalue weighted by Gasteiger charge is -2.30. The first-order valence-electron chi connectivity index (χ1n) is 10.6. The van der Waals surface area contributed by atoms with Gasteiger partial charge in [-0.1, -0.05) is 26.0 Å². The lowest BCUT2D eigenvalue weighted by Crippen LogP contribution is -2.37. The topological polar surface area (TPSA) is 69.3 Å². The second-order valence-corrected chi connectivity index (χ2v) is 7.05. The molecule has 0 saturated heterocycles. The summed E-state index contributed by atoms with van der Waals surface area (Å²) in [6.45, 7) is 6.45. The molecule has 0 radical (unpaired) electrons. The molecule has 7 heteroatoms. The number of nitrogens with zero attached hydrogens (tertiary/aromatic N) is 1. The van der Waals surface area contributed by atoms with E-state index >= 15 is 0 Å². The molecule has 0 saturated carbocycles. The monoisotopic (exact) mass is 442 g/mol. The van der Waals surface area contributed by atoms with Gasteiger partial charge in [-0.25, -0.2) is 0 Å². The highest BCUT2D eigenvalue weighted by Gasteiger charge is 2.19. The maximum absolute atomic E-state index is 12.6. The highest BCUT2D eigenvalue weighted by molar-refractivity contribution is 5.92. The standard InChI is InChI=1S/C25H34N2O5/c1-7-27(8-2)21(19-10-9-11-20(16-19)29-3)17-26-24(28)13-12-18-14-22(30-4)25(32-6)23(15-18)31-5/h9-16,21H,7-8,17H2,1-6H3,(H,26,28)/b13-12+/t21-/m0/s1. The number of methoxy groups -OCH3 is 4. The van der Waals surface area contributed by atoms with E-state index in [4.69, 9.17) is 18.9 Å². The quantitative estimate of drug-likeness (QED) is 0.502. The van der Waals surface area contributed by atoms with Crippen LogP contribution in [-0.2, 0) is 4.79 Å². The molecule has 0 aliphatic carbocycles. The van der Waals surface area contributed by atoms with E-state index in [1.807, 2.05) is 18.2 Å². The molecule has 2 aromatic carbocycles. The third kappa shape index (κ3) is 6.40. The van der Waals surface area contributed by atoms with Crippen LogP contribution in [0.15, 0.2) is 42.5 Å². The first-order valence-corrected chi connectivity index (χ1v) is 10.6. The summed E-state index contributed by atoms with van der Waals surface area (Å²) >= 11 is 0. The van der Waals surface area contributed by atoms with Crippen molar-refractivity contribution in [2.75, 3.05) is 48.1 Å². The minimum atomic E-state index is -0.182. The van der Waals surface area contributed by atoms with E-state index in [2.05, 4.69) is 30.1 Å². The fourth-order valence-electron chi connectivity index (χ4n) is 3.60. The lowest BCUT2D eigenvalue weighted by molar-refractivity contribution is -0.116. The van der Waals surface area contributed by atoms with Crippen molar-refractivity contribution in [3.05, 3.63) is 53.6 Å². The van der Waals surface area contributed by atoms with E-state index in [9.17, 15) is 4.79 Å². The van der Waals surface area contributed by atoms with Crippen LogP contribution in [0.25, 0.3) is 6.08 Å². The average molecular weight is 443 g/mol. The first kappa shape index (κ1) is 25.1. The van der Waals surface area contributed by atoms with Gasteiger partial charge in [0.1, 0.15) is 5.75 Å². The maximum Gasteiger partial charge on any atom is 0.244 e. The van der Waals surface area contributed by atoms with Crippen molar-refractivity contribution < 1.29 is 23.7 Å². The summed E-state index contributed by atoms with van der Waals surface area (Å²) in [7, 11) is 6.33. The van der Waals surface area contributed by atoms with Crippen molar-refractivity contribution in [1.82, 2.24) is 10.2 Å². The molecule has 32 heavy (non-hydrogen) atoms. The minimum absolute atomic E-state index is 0.0404. The largest absolute Gasteiger partial charge is 0.497 e. The molecular weight excluding hydrogens is 408 g/mol. The number of benzene rings is 2. The Morgan fingerprint density at radius 3 is 2.16 bits per heavy atom. The second kappa shape index (κ2) is 12.6. The highest BCUT2D eigenvalue weighted by atomic mass is 16.5. The van der Waals surface area contributed by atoms with Crippen LogP contribution in [0.5, 0.6) is 23.0 Å². The van der Waals surface area contributed by atoms with Crippen molar-refractivity contribution in [2.24, 2.45) is 0 Å². The Morgan fingerprint density at radius 2 is 1.62 bits per heavy atom. The maximum atomic E-state index is 12.6. The number of likely N-dealkylation sites (N-methyl/N-ethyl adjacent to an activating group) is 1. The number of rotatable bonds is 12. The van der Waals surface area contributed by atoms with E-state index in [0.717, 1.165) is 30.0 Å². The van der Waals surface area contributed by atoms with E-state index in [1.165, 1.54) is 6.08 Å². The number of hydrogen-bond donors (Lipinski definition) is 1. The van der Waals surface area contributed by atoms with Crippen LogP contribution in [0.1, 0.15) is 31.0 Å². The average Bonchev–Trinajstić information content (AvgIpc) is 2.84. The van der Waals surface area contributed by atoms with Gasteiger partial charge in [0.05, 0.1) is 34.5 Å². The molecule has 0 aliphatic rings. The number of ether oxygens (including phenoxy) is 4. The summed E-state index contributed by atoms with van der Waals surface area (Å²) in [5, 5.41) is 3.02. The summed E-state index contributed by atoms with van der Waals surface area (Å²) in [6, 6.07) is 11.6. The molecule has 0 heterocycles. The van der Waals surface area contributed by atoms with Crippen LogP contribution in [0.2, 0.25) is 0 Å². The zero-order chi connectivity index (χ0) is 23.5. The third-order valence-corrected chi connectivity index (χ3v) is 5.32. The Hall–Kier alpha value is -3.19. The molecular formula is C25H34N2O5. The Kier molecular flexibility index (Phi) is 9.88. The van der Waals surface area contributed by atoms with E-state index in [1.54, 1.807) is 46.6 Å². The molecule has 0 unspecified atom stereocenters. The fourth-order valence-corrected chi connectivity index (χ4v) is 3.60. The molecule has 2 aromatic rings. The van der Waals surface area contributed by atoms with Crippen LogP contribution in [0.4, 0.5) is 0 Å². The molecule has 0 bridgehead atoms. The molecule has 0 aliphatic heterocycles. The van der Waals surface area contributed by atoms with Crippen molar-refractivity contribution in [3.63, 3.8) is 0 Å². The molecule has 1 atom stereocenters.